The molecule has 1 aliphatic carbocycles. The van der Waals surface area contributed by atoms with Crippen molar-refractivity contribution >= 4 is 13.6 Å². The second-order valence-electron chi connectivity index (χ2n) is 8.36. The maximum absolute atomic E-state index is 13.2. The van der Waals surface area contributed by atoms with Crippen molar-refractivity contribution < 1.29 is 23.1 Å². The zero-order valence-electron chi connectivity index (χ0n) is 17.0. The maximum Gasteiger partial charge on any atom is 0.347 e. The topological polar surface area (TPSA) is 73.9 Å². The Labute approximate surface area is 158 Å². The van der Waals surface area contributed by atoms with Crippen LogP contribution in [-0.2, 0) is 23.1 Å². The van der Waals surface area contributed by atoms with E-state index in [1.807, 2.05) is 34.6 Å². The molecule has 7 heteroatoms. The number of carbonyl (C=O) groups is 1. The molecule has 152 valence electrons. The van der Waals surface area contributed by atoms with Crippen LogP contribution in [0.15, 0.2) is 0 Å². The van der Waals surface area contributed by atoms with E-state index < -0.39 is 19.0 Å². The van der Waals surface area contributed by atoms with Crippen LogP contribution in [0.2, 0.25) is 0 Å². The molecule has 6 nitrogen and oxygen atoms in total. The van der Waals surface area contributed by atoms with Gasteiger partial charge < -0.3 is 13.8 Å². The van der Waals surface area contributed by atoms with Crippen molar-refractivity contribution in [3.05, 3.63) is 0 Å². The van der Waals surface area contributed by atoms with Gasteiger partial charge in [0.1, 0.15) is 11.4 Å². The van der Waals surface area contributed by atoms with Gasteiger partial charge in [-0.3, -0.25) is 14.7 Å². The van der Waals surface area contributed by atoms with E-state index in [4.69, 9.17) is 13.8 Å². The largest absolute Gasteiger partial charge is 0.460 e. The zero-order valence-corrected chi connectivity index (χ0v) is 17.8. The van der Waals surface area contributed by atoms with E-state index in [2.05, 4.69) is 5.32 Å². The van der Waals surface area contributed by atoms with Crippen molar-refractivity contribution in [2.24, 2.45) is 11.8 Å². The van der Waals surface area contributed by atoms with Crippen LogP contribution in [-0.4, -0.2) is 36.6 Å². The normalized spacial score (nSPS) is 28.3. The van der Waals surface area contributed by atoms with Gasteiger partial charge in [0.15, 0.2) is 0 Å². The maximum atomic E-state index is 13.2. The number of rotatable bonds is 7. The van der Waals surface area contributed by atoms with Crippen molar-refractivity contribution in [1.82, 2.24) is 5.32 Å². The Kier molecular flexibility index (Phi) is 7.73. The van der Waals surface area contributed by atoms with Gasteiger partial charge in [0.05, 0.1) is 19.1 Å². The highest BCUT2D eigenvalue weighted by Crippen LogP contribution is 2.57. The van der Waals surface area contributed by atoms with Gasteiger partial charge in [-0.25, -0.2) is 0 Å². The van der Waals surface area contributed by atoms with Gasteiger partial charge in [0, 0.05) is 6.04 Å². The Morgan fingerprint density at radius 3 is 2.15 bits per heavy atom. The number of ether oxygens (including phenoxy) is 1. The lowest BCUT2D eigenvalue weighted by Gasteiger charge is -2.32. The number of nitrogens with one attached hydrogen (secondary N) is 1. The highest BCUT2D eigenvalue weighted by molar-refractivity contribution is 7.54. The van der Waals surface area contributed by atoms with E-state index >= 15 is 0 Å². The minimum atomic E-state index is -3.30. The molecular formula is C19H36NO5P. The predicted molar refractivity (Wildman–Crippen MR) is 102 cm³/mol. The Bertz CT molecular complexity index is 503. The Morgan fingerprint density at radius 1 is 1.08 bits per heavy atom. The molecule has 0 unspecified atom stereocenters. The van der Waals surface area contributed by atoms with Gasteiger partial charge in [-0.15, -0.1) is 0 Å². The van der Waals surface area contributed by atoms with E-state index in [1.165, 1.54) is 19.3 Å². The lowest BCUT2D eigenvalue weighted by atomic mass is 9.79. The molecule has 1 saturated heterocycles. The molecule has 0 aromatic carbocycles. The van der Waals surface area contributed by atoms with Gasteiger partial charge >= 0.3 is 13.6 Å². The van der Waals surface area contributed by atoms with Crippen molar-refractivity contribution in [1.29, 1.82) is 0 Å². The number of hydrogen-bond acceptors (Lipinski definition) is 6. The molecule has 2 rings (SSSR count). The van der Waals surface area contributed by atoms with Crippen molar-refractivity contribution in [3.8, 4) is 0 Å². The molecular weight excluding hydrogens is 353 g/mol. The quantitative estimate of drug-likeness (QED) is 0.511. The van der Waals surface area contributed by atoms with Gasteiger partial charge in [-0.05, 0) is 59.8 Å². The summed E-state index contributed by atoms with van der Waals surface area (Å²) < 4.78 is 30.0. The molecule has 2 fully saturated rings. The average Bonchev–Trinajstić information content (AvgIpc) is 3.01. The van der Waals surface area contributed by atoms with Crippen LogP contribution >= 0.6 is 7.60 Å². The minimum Gasteiger partial charge on any atom is -0.460 e. The monoisotopic (exact) mass is 389 g/mol. The molecule has 0 spiro atoms. The van der Waals surface area contributed by atoms with Crippen LogP contribution in [0, 0.1) is 11.8 Å². The van der Waals surface area contributed by atoms with E-state index in [0.717, 1.165) is 12.8 Å². The molecule has 1 N–H and O–H groups in total. The van der Waals surface area contributed by atoms with Crippen molar-refractivity contribution in [2.45, 2.75) is 90.6 Å². The smallest absolute Gasteiger partial charge is 0.347 e. The summed E-state index contributed by atoms with van der Waals surface area (Å²) in [6.45, 7) is 9.90. The van der Waals surface area contributed by atoms with E-state index in [9.17, 15) is 9.36 Å². The molecule has 26 heavy (non-hydrogen) atoms. The summed E-state index contributed by atoms with van der Waals surface area (Å²) in [5.41, 5.74) is -0.532. The molecule has 0 aromatic rings. The first-order valence-corrected chi connectivity index (χ1v) is 11.7. The summed E-state index contributed by atoms with van der Waals surface area (Å²) in [5, 5.41) is 3.47. The van der Waals surface area contributed by atoms with Crippen LogP contribution in [0.4, 0.5) is 0 Å². The zero-order chi connectivity index (χ0) is 19.4. The molecule has 2 aliphatic rings. The first-order chi connectivity index (χ1) is 12.2. The Morgan fingerprint density at radius 2 is 1.65 bits per heavy atom. The summed E-state index contributed by atoms with van der Waals surface area (Å²) in [6, 6.07) is -0.0237. The van der Waals surface area contributed by atoms with Crippen LogP contribution in [0.25, 0.3) is 0 Å². The fourth-order valence-electron chi connectivity index (χ4n) is 4.17. The van der Waals surface area contributed by atoms with Crippen LogP contribution in [0.1, 0.15) is 73.1 Å². The molecule has 3 atom stereocenters. The number of esters is 1. The van der Waals surface area contributed by atoms with Crippen LogP contribution in [0.5, 0.6) is 0 Å². The standard InChI is InChI=1S/C19H36NO5P/c1-6-23-26(22,24-7-2)16-13-15(18(21)25-19(3,4)5)17(20-16)14-11-9-8-10-12-14/h14-17,20H,6-13H2,1-5H3/t15-,16-,17+/m0/s1. The third kappa shape index (κ3) is 5.54. The third-order valence-corrected chi connectivity index (χ3v) is 7.52. The van der Waals surface area contributed by atoms with E-state index in [-0.39, 0.29) is 17.9 Å². The molecule has 0 radical (unpaired) electrons. The Balaban J connectivity index is 2.21. The van der Waals surface area contributed by atoms with Crippen molar-refractivity contribution in [2.75, 3.05) is 13.2 Å². The lowest BCUT2D eigenvalue weighted by Crippen LogP contribution is -2.42. The predicted octanol–water partition coefficient (Wildman–Crippen LogP) is 4.48. The van der Waals surface area contributed by atoms with Crippen LogP contribution in [0.3, 0.4) is 0 Å². The fraction of sp³-hybridized carbons (Fsp3) is 0.947. The molecule has 1 aliphatic heterocycles. The Hall–Kier alpha value is -0.420. The summed E-state index contributed by atoms with van der Waals surface area (Å²) in [4.78, 5) is 12.9. The summed E-state index contributed by atoms with van der Waals surface area (Å²) in [6.07, 6.45) is 6.24. The van der Waals surface area contributed by atoms with Gasteiger partial charge in [0.2, 0.25) is 0 Å². The average molecular weight is 389 g/mol. The number of hydrogen-bond donors (Lipinski definition) is 1. The summed E-state index contributed by atoms with van der Waals surface area (Å²) in [5.74, 6) is -0.561. The van der Waals surface area contributed by atoms with Gasteiger partial charge in [-0.1, -0.05) is 19.3 Å². The summed E-state index contributed by atoms with van der Waals surface area (Å²) >= 11 is 0. The molecule has 0 amide bonds. The molecule has 0 aromatic heterocycles. The minimum absolute atomic E-state index is 0.0237. The SMILES string of the molecule is CCOP(=O)(OCC)[C@H]1C[C@H](C(=O)OC(C)(C)C)[C@@H](C2CCCCC2)N1. The fourth-order valence-corrected chi connectivity index (χ4v) is 6.16. The first kappa shape index (κ1) is 21.9. The van der Waals surface area contributed by atoms with Gasteiger partial charge in [0.25, 0.3) is 0 Å². The molecule has 1 heterocycles. The highest BCUT2D eigenvalue weighted by atomic mass is 31.2. The highest BCUT2D eigenvalue weighted by Gasteiger charge is 2.51. The molecule has 0 bridgehead atoms. The van der Waals surface area contributed by atoms with Gasteiger partial charge in [-0.2, -0.15) is 0 Å². The van der Waals surface area contributed by atoms with Crippen LogP contribution < -0.4 is 5.32 Å². The number of carbonyl (C=O) groups excluding carboxylic acids is 1. The third-order valence-electron chi connectivity index (χ3n) is 5.16. The lowest BCUT2D eigenvalue weighted by molar-refractivity contribution is -0.160. The second kappa shape index (κ2) is 9.18. The molecule has 1 saturated carbocycles. The van der Waals surface area contributed by atoms with E-state index in [0.29, 0.717) is 25.6 Å². The summed E-state index contributed by atoms with van der Waals surface area (Å²) in [7, 11) is -3.30. The first-order valence-electron chi connectivity index (χ1n) is 10.1. The van der Waals surface area contributed by atoms with Crippen molar-refractivity contribution in [3.63, 3.8) is 0 Å². The van der Waals surface area contributed by atoms with E-state index in [1.54, 1.807) is 0 Å². The second-order valence-corrected chi connectivity index (χ2v) is 10.6.